The third-order valence-corrected chi connectivity index (χ3v) is 6.37. The molecule has 0 radical (unpaired) electrons. The molecule has 0 saturated carbocycles. The van der Waals surface area contributed by atoms with Crippen molar-refractivity contribution in [1.82, 2.24) is 0 Å². The number of anilines is 1. The van der Waals surface area contributed by atoms with Gasteiger partial charge in [-0.3, -0.25) is 0 Å². The zero-order chi connectivity index (χ0) is 28.0. The van der Waals surface area contributed by atoms with Crippen LogP contribution in [0.5, 0.6) is 0 Å². The lowest BCUT2D eigenvalue weighted by atomic mass is 10.1. The van der Waals surface area contributed by atoms with Gasteiger partial charge in [0.2, 0.25) is 0 Å². The Morgan fingerprint density at radius 2 is 1.38 bits per heavy atom. The Balaban J connectivity index is 1.56. The van der Waals surface area contributed by atoms with Crippen LogP contribution in [0.4, 0.5) is 32.8 Å². The quantitative estimate of drug-likeness (QED) is 0.118. The lowest BCUT2D eigenvalue weighted by Crippen LogP contribution is -2.21. The van der Waals surface area contributed by atoms with Gasteiger partial charge in [0.15, 0.2) is 0 Å². The predicted octanol–water partition coefficient (Wildman–Crippen LogP) is 9.94. The molecule has 0 aliphatic carbocycles. The van der Waals surface area contributed by atoms with Gasteiger partial charge in [0.1, 0.15) is 5.82 Å². The molecule has 0 amide bonds. The van der Waals surface area contributed by atoms with E-state index < -0.39 is 11.8 Å². The van der Waals surface area contributed by atoms with Crippen LogP contribution in [0.25, 0.3) is 0 Å². The fraction of sp³-hybridized carbons (Fsp3) is 0.387. The van der Waals surface area contributed by atoms with Crippen LogP contribution in [0, 0.1) is 12.7 Å². The van der Waals surface area contributed by atoms with E-state index >= 15 is 0 Å². The van der Waals surface area contributed by atoms with Gasteiger partial charge in [0.25, 0.3) is 0 Å². The smallest absolute Gasteiger partial charge is 0.341 e. The molecule has 0 aliphatic rings. The number of benzene rings is 3. The van der Waals surface area contributed by atoms with E-state index in [0.717, 1.165) is 50.0 Å². The number of carbonyl (C=O) groups is 1. The van der Waals surface area contributed by atoms with Gasteiger partial charge in [-0.25, -0.2) is 9.18 Å². The number of esters is 1. The van der Waals surface area contributed by atoms with Crippen molar-refractivity contribution in [1.29, 1.82) is 0 Å². The van der Waals surface area contributed by atoms with Crippen LogP contribution in [-0.4, -0.2) is 25.7 Å². The number of hydrogen-bond acceptors (Lipinski definition) is 7. The number of azo groups is 2. The minimum absolute atomic E-state index is 0.102. The monoisotopic (exact) mass is 531 g/mol. The maximum atomic E-state index is 14.5. The molecule has 0 spiro atoms. The predicted molar refractivity (Wildman–Crippen MR) is 155 cm³/mol. The number of aryl methyl sites for hydroxylation is 1. The average Bonchev–Trinajstić information content (AvgIpc) is 2.94. The minimum Gasteiger partial charge on any atom is -0.462 e. The molecule has 3 aromatic rings. The standard InChI is InChI=1S/C31H38FN5O2/c1-5-8-9-10-11-20-39-31(38)28-18-16-26(22-29(28)32)35-33-24-12-14-25(15-13-24)34-36-30-19-17-27(21-23(30)4)37(6-2)7-3/h12-19,21-22H,5-11,20H2,1-4H3. The Labute approximate surface area is 230 Å². The van der Waals surface area contributed by atoms with Crippen molar-refractivity contribution in [3.8, 4) is 0 Å². The normalized spacial score (nSPS) is 11.4. The van der Waals surface area contributed by atoms with E-state index in [1.54, 1.807) is 30.3 Å². The number of rotatable bonds is 14. The Kier molecular flexibility index (Phi) is 11.7. The first-order valence-electron chi connectivity index (χ1n) is 13.7. The summed E-state index contributed by atoms with van der Waals surface area (Å²) in [5.41, 5.74) is 4.51. The van der Waals surface area contributed by atoms with E-state index in [2.05, 4.69) is 58.3 Å². The van der Waals surface area contributed by atoms with Crippen molar-refractivity contribution in [3.05, 3.63) is 77.6 Å². The molecule has 0 bridgehead atoms. The molecule has 0 aliphatic heterocycles. The first-order valence-corrected chi connectivity index (χ1v) is 13.7. The summed E-state index contributed by atoms with van der Waals surface area (Å²) in [5, 5.41) is 17.0. The zero-order valence-corrected chi connectivity index (χ0v) is 23.4. The molecule has 3 aromatic carbocycles. The van der Waals surface area contributed by atoms with Crippen LogP contribution in [0.1, 0.15) is 68.8 Å². The molecule has 3 rings (SSSR count). The van der Waals surface area contributed by atoms with Gasteiger partial charge in [-0.15, -0.1) is 0 Å². The van der Waals surface area contributed by atoms with E-state index in [1.165, 1.54) is 24.2 Å². The van der Waals surface area contributed by atoms with E-state index in [1.807, 2.05) is 13.0 Å². The third-order valence-electron chi connectivity index (χ3n) is 6.37. The highest BCUT2D eigenvalue weighted by Gasteiger charge is 2.13. The number of carbonyl (C=O) groups excluding carboxylic acids is 1. The number of hydrogen-bond donors (Lipinski definition) is 0. The van der Waals surface area contributed by atoms with Crippen LogP contribution in [0.15, 0.2) is 81.1 Å². The molecule has 0 N–H and O–H groups in total. The highest BCUT2D eigenvalue weighted by atomic mass is 19.1. The molecule has 7 nitrogen and oxygen atoms in total. The van der Waals surface area contributed by atoms with Crippen molar-refractivity contribution in [2.24, 2.45) is 20.5 Å². The maximum absolute atomic E-state index is 14.5. The van der Waals surface area contributed by atoms with Gasteiger partial charge in [-0.1, -0.05) is 32.6 Å². The lowest BCUT2D eigenvalue weighted by Gasteiger charge is -2.21. The van der Waals surface area contributed by atoms with Gasteiger partial charge in [-0.05, 0) is 87.4 Å². The maximum Gasteiger partial charge on any atom is 0.341 e. The average molecular weight is 532 g/mol. The summed E-state index contributed by atoms with van der Waals surface area (Å²) in [6.07, 6.45) is 5.21. The zero-order valence-electron chi connectivity index (χ0n) is 23.4. The molecular formula is C31H38FN5O2. The lowest BCUT2D eigenvalue weighted by molar-refractivity contribution is 0.0492. The first-order chi connectivity index (χ1) is 18.9. The second kappa shape index (κ2) is 15.5. The molecule has 0 aromatic heterocycles. The van der Waals surface area contributed by atoms with Gasteiger partial charge in [0.05, 0.1) is 34.9 Å². The van der Waals surface area contributed by atoms with Crippen LogP contribution in [-0.2, 0) is 4.74 Å². The minimum atomic E-state index is -0.682. The summed E-state index contributed by atoms with van der Waals surface area (Å²) in [7, 11) is 0. The van der Waals surface area contributed by atoms with Gasteiger partial charge in [-0.2, -0.15) is 20.5 Å². The summed E-state index contributed by atoms with van der Waals surface area (Å²) in [6, 6.07) is 17.4. The second-order valence-electron chi connectivity index (χ2n) is 9.27. The summed E-state index contributed by atoms with van der Waals surface area (Å²) in [5.74, 6) is -1.34. The van der Waals surface area contributed by atoms with Crippen molar-refractivity contribution in [2.45, 2.75) is 59.8 Å². The highest BCUT2D eigenvalue weighted by molar-refractivity contribution is 5.90. The highest BCUT2D eigenvalue weighted by Crippen LogP contribution is 2.28. The summed E-state index contributed by atoms with van der Waals surface area (Å²) in [4.78, 5) is 14.5. The molecule has 206 valence electrons. The number of nitrogens with zero attached hydrogens (tertiary/aromatic N) is 5. The van der Waals surface area contributed by atoms with E-state index in [9.17, 15) is 9.18 Å². The fourth-order valence-corrected chi connectivity index (χ4v) is 4.03. The number of ether oxygens (including phenoxy) is 1. The van der Waals surface area contributed by atoms with Crippen molar-refractivity contribution in [3.63, 3.8) is 0 Å². The third kappa shape index (κ3) is 9.09. The Morgan fingerprint density at radius 1 is 0.769 bits per heavy atom. The Bertz CT molecular complexity index is 1270. The molecule has 0 saturated heterocycles. The topological polar surface area (TPSA) is 79.0 Å². The van der Waals surface area contributed by atoms with Crippen molar-refractivity contribution < 1.29 is 13.9 Å². The molecule has 0 fully saturated rings. The van der Waals surface area contributed by atoms with Gasteiger partial charge < -0.3 is 9.64 Å². The van der Waals surface area contributed by atoms with E-state index in [-0.39, 0.29) is 5.56 Å². The second-order valence-corrected chi connectivity index (χ2v) is 9.27. The number of unbranched alkanes of at least 4 members (excludes halogenated alkanes) is 4. The van der Waals surface area contributed by atoms with Gasteiger partial charge in [0, 0.05) is 24.8 Å². The Hall–Kier alpha value is -3.94. The molecule has 0 atom stereocenters. The van der Waals surface area contributed by atoms with E-state index in [0.29, 0.717) is 23.7 Å². The van der Waals surface area contributed by atoms with Gasteiger partial charge >= 0.3 is 5.97 Å². The number of halogens is 1. The molecule has 8 heteroatoms. The molecule has 0 unspecified atom stereocenters. The SMILES string of the molecule is CCCCCCCOC(=O)c1ccc(N=Nc2ccc(N=Nc3ccc(N(CC)CC)cc3C)cc2)cc1F. The molecule has 0 heterocycles. The van der Waals surface area contributed by atoms with Crippen LogP contribution in [0.2, 0.25) is 0 Å². The first kappa shape index (κ1) is 29.6. The largest absolute Gasteiger partial charge is 0.462 e. The summed E-state index contributed by atoms with van der Waals surface area (Å²) < 4.78 is 19.7. The summed E-state index contributed by atoms with van der Waals surface area (Å²) >= 11 is 0. The van der Waals surface area contributed by atoms with Crippen molar-refractivity contribution in [2.75, 3.05) is 24.6 Å². The molecule has 39 heavy (non-hydrogen) atoms. The fourth-order valence-electron chi connectivity index (χ4n) is 4.03. The van der Waals surface area contributed by atoms with E-state index in [4.69, 9.17) is 4.74 Å². The summed E-state index contributed by atoms with van der Waals surface area (Å²) in [6.45, 7) is 10.6. The molecular weight excluding hydrogens is 493 g/mol. The van der Waals surface area contributed by atoms with Crippen LogP contribution in [0.3, 0.4) is 0 Å². The van der Waals surface area contributed by atoms with Crippen LogP contribution >= 0.6 is 0 Å². The van der Waals surface area contributed by atoms with Crippen molar-refractivity contribution >= 4 is 34.4 Å². The van der Waals surface area contributed by atoms with Crippen LogP contribution < -0.4 is 4.90 Å². The Morgan fingerprint density at radius 3 is 2.00 bits per heavy atom.